The Morgan fingerprint density at radius 1 is 1.04 bits per heavy atom. The number of thiocarbonyl (C=S) groups is 1. The van der Waals surface area contributed by atoms with Crippen LogP contribution in [0.25, 0.3) is 0 Å². The first-order valence-electron chi connectivity index (χ1n) is 7.90. The molecule has 0 spiro atoms. The van der Waals surface area contributed by atoms with Crippen LogP contribution in [0.2, 0.25) is 0 Å². The lowest BCUT2D eigenvalue weighted by Crippen LogP contribution is -2.32. The normalized spacial score (nSPS) is 10.3. The van der Waals surface area contributed by atoms with E-state index in [0.29, 0.717) is 0 Å². The molecule has 0 unspecified atom stereocenters. The summed E-state index contributed by atoms with van der Waals surface area (Å²) in [5.74, 6) is 1.58. The van der Waals surface area contributed by atoms with Crippen LogP contribution in [0.15, 0.2) is 72.9 Å². The molecular formula is C20H19N3OS. The topological polar surface area (TPSA) is 51.4 Å². The number of rotatable bonds is 5. The number of anilines is 2. The van der Waals surface area contributed by atoms with Gasteiger partial charge in [-0.3, -0.25) is 4.90 Å². The van der Waals surface area contributed by atoms with Gasteiger partial charge in [0.05, 0.1) is 7.11 Å². The Labute approximate surface area is 152 Å². The molecule has 3 aromatic rings. The Morgan fingerprint density at radius 3 is 2.40 bits per heavy atom. The molecule has 0 saturated heterocycles. The summed E-state index contributed by atoms with van der Waals surface area (Å²) in [5, 5.41) is 0.265. The van der Waals surface area contributed by atoms with Gasteiger partial charge in [-0.1, -0.05) is 36.4 Å². The molecule has 3 rings (SSSR count). The van der Waals surface area contributed by atoms with Crippen LogP contribution in [0.1, 0.15) is 11.1 Å². The van der Waals surface area contributed by atoms with E-state index in [1.54, 1.807) is 18.2 Å². The molecule has 1 aromatic heterocycles. The van der Waals surface area contributed by atoms with Crippen LogP contribution in [0.5, 0.6) is 5.75 Å². The van der Waals surface area contributed by atoms with Crippen molar-refractivity contribution in [3.05, 3.63) is 84.1 Å². The molecular weight excluding hydrogens is 330 g/mol. The average Bonchev–Trinajstić information content (AvgIpc) is 2.64. The molecule has 2 N–H and O–H groups in total. The number of methoxy groups -OCH3 is 1. The van der Waals surface area contributed by atoms with E-state index >= 15 is 0 Å². The second kappa shape index (κ2) is 7.77. The number of nitrogens with zero attached hydrogens (tertiary/aromatic N) is 2. The highest BCUT2D eigenvalue weighted by Crippen LogP contribution is 2.28. The fraction of sp³-hybridized carbons (Fsp3) is 0.100. The van der Waals surface area contributed by atoms with Crippen LogP contribution in [0.4, 0.5) is 11.5 Å². The number of hydrogen-bond donors (Lipinski definition) is 1. The lowest BCUT2D eigenvalue weighted by Gasteiger charge is -2.24. The molecule has 0 bridgehead atoms. The first-order chi connectivity index (χ1) is 12.2. The zero-order valence-corrected chi connectivity index (χ0v) is 14.7. The monoisotopic (exact) mass is 349 g/mol. The number of pyridine rings is 1. The van der Waals surface area contributed by atoms with Gasteiger partial charge in [0.25, 0.3) is 0 Å². The lowest BCUT2D eigenvalue weighted by molar-refractivity contribution is 0.414. The van der Waals surface area contributed by atoms with Gasteiger partial charge in [0.1, 0.15) is 11.6 Å². The van der Waals surface area contributed by atoms with Gasteiger partial charge < -0.3 is 10.5 Å². The van der Waals surface area contributed by atoms with Gasteiger partial charge in [0.2, 0.25) is 0 Å². The maximum absolute atomic E-state index is 6.00. The number of ether oxygens (including phenoxy) is 1. The predicted octanol–water partition coefficient (Wildman–Crippen LogP) is 4.06. The molecule has 126 valence electrons. The van der Waals surface area contributed by atoms with Gasteiger partial charge >= 0.3 is 0 Å². The highest BCUT2D eigenvalue weighted by molar-refractivity contribution is 7.80. The minimum Gasteiger partial charge on any atom is -0.497 e. The van der Waals surface area contributed by atoms with Crippen molar-refractivity contribution in [1.82, 2.24) is 4.98 Å². The average molecular weight is 349 g/mol. The maximum Gasteiger partial charge on any atom is 0.176 e. The van der Waals surface area contributed by atoms with Gasteiger partial charge in [-0.15, -0.1) is 0 Å². The fourth-order valence-corrected chi connectivity index (χ4v) is 2.86. The predicted molar refractivity (Wildman–Crippen MR) is 105 cm³/mol. The Hall–Kier alpha value is -2.92. The zero-order valence-electron chi connectivity index (χ0n) is 13.9. The van der Waals surface area contributed by atoms with E-state index in [1.165, 1.54) is 0 Å². The number of aromatic nitrogens is 1. The van der Waals surface area contributed by atoms with E-state index in [2.05, 4.69) is 4.98 Å². The van der Waals surface area contributed by atoms with Crippen molar-refractivity contribution in [3.63, 3.8) is 0 Å². The van der Waals surface area contributed by atoms with Crippen LogP contribution in [0, 0.1) is 0 Å². The minimum absolute atomic E-state index is 0.265. The van der Waals surface area contributed by atoms with Gasteiger partial charge in [-0.2, -0.15) is 0 Å². The summed E-state index contributed by atoms with van der Waals surface area (Å²) in [6.07, 6.45) is 2.47. The standard InChI is InChI=1S/C20H19N3OS/c1-24-18-11-9-15(10-12-18)14-16-6-5-13-22-19(16)23(20(21)25)17-7-3-2-4-8-17/h2-13H,14H2,1H3,(H2,21,25). The summed E-state index contributed by atoms with van der Waals surface area (Å²) in [5.41, 5.74) is 9.10. The van der Waals surface area contributed by atoms with E-state index in [4.69, 9.17) is 22.7 Å². The Kier molecular flexibility index (Phi) is 5.26. The molecule has 0 saturated carbocycles. The SMILES string of the molecule is COc1ccc(Cc2cccnc2N(C(N)=S)c2ccccc2)cc1. The Balaban J connectivity index is 1.97. The largest absolute Gasteiger partial charge is 0.497 e. The van der Waals surface area contributed by atoms with Crippen LogP contribution in [-0.2, 0) is 6.42 Å². The van der Waals surface area contributed by atoms with Crippen molar-refractivity contribution in [1.29, 1.82) is 0 Å². The zero-order chi connectivity index (χ0) is 17.6. The molecule has 0 amide bonds. The summed E-state index contributed by atoms with van der Waals surface area (Å²) in [4.78, 5) is 6.34. The van der Waals surface area contributed by atoms with Crippen molar-refractivity contribution >= 4 is 28.8 Å². The minimum atomic E-state index is 0.265. The van der Waals surface area contributed by atoms with E-state index < -0.39 is 0 Å². The number of hydrogen-bond acceptors (Lipinski definition) is 3. The molecule has 0 atom stereocenters. The molecule has 0 radical (unpaired) electrons. The van der Waals surface area contributed by atoms with Crippen molar-refractivity contribution < 1.29 is 4.74 Å². The fourth-order valence-electron chi connectivity index (χ4n) is 2.66. The molecule has 0 aliphatic carbocycles. The van der Waals surface area contributed by atoms with Crippen molar-refractivity contribution in [2.45, 2.75) is 6.42 Å². The molecule has 0 aliphatic heterocycles. The second-order valence-electron chi connectivity index (χ2n) is 5.52. The molecule has 4 nitrogen and oxygen atoms in total. The van der Waals surface area contributed by atoms with E-state index in [-0.39, 0.29) is 5.11 Å². The number of benzene rings is 2. The molecule has 25 heavy (non-hydrogen) atoms. The van der Waals surface area contributed by atoms with Crippen molar-refractivity contribution in [2.75, 3.05) is 12.0 Å². The number of para-hydroxylation sites is 1. The van der Waals surface area contributed by atoms with Crippen LogP contribution in [0.3, 0.4) is 0 Å². The summed E-state index contributed by atoms with van der Waals surface area (Å²) in [6.45, 7) is 0. The highest BCUT2D eigenvalue weighted by atomic mass is 32.1. The van der Waals surface area contributed by atoms with E-state index in [1.807, 2.05) is 66.7 Å². The molecule has 2 aromatic carbocycles. The van der Waals surface area contributed by atoms with E-state index in [0.717, 1.165) is 34.8 Å². The third kappa shape index (κ3) is 3.95. The van der Waals surface area contributed by atoms with Crippen LogP contribution in [-0.4, -0.2) is 17.2 Å². The van der Waals surface area contributed by atoms with Crippen LogP contribution >= 0.6 is 12.2 Å². The summed E-state index contributed by atoms with van der Waals surface area (Å²) in [6, 6.07) is 21.7. The Bertz CT molecular complexity index is 850. The van der Waals surface area contributed by atoms with E-state index in [9.17, 15) is 0 Å². The van der Waals surface area contributed by atoms with Gasteiger partial charge in [0.15, 0.2) is 5.11 Å². The summed E-state index contributed by atoms with van der Waals surface area (Å²) >= 11 is 5.29. The number of nitrogens with two attached hydrogens (primary N) is 1. The molecule has 1 heterocycles. The molecule has 5 heteroatoms. The lowest BCUT2D eigenvalue weighted by atomic mass is 10.0. The van der Waals surface area contributed by atoms with Gasteiger partial charge in [-0.25, -0.2) is 4.98 Å². The maximum atomic E-state index is 6.00. The Morgan fingerprint density at radius 2 is 1.76 bits per heavy atom. The summed E-state index contributed by atoms with van der Waals surface area (Å²) in [7, 11) is 1.66. The van der Waals surface area contributed by atoms with Crippen LogP contribution < -0.4 is 15.4 Å². The third-order valence-electron chi connectivity index (χ3n) is 3.87. The summed E-state index contributed by atoms with van der Waals surface area (Å²) < 4.78 is 5.22. The molecule has 0 aliphatic rings. The van der Waals surface area contributed by atoms with Crippen molar-refractivity contribution in [3.8, 4) is 5.75 Å². The third-order valence-corrected chi connectivity index (χ3v) is 4.05. The smallest absolute Gasteiger partial charge is 0.176 e. The highest BCUT2D eigenvalue weighted by Gasteiger charge is 2.17. The van der Waals surface area contributed by atoms with Gasteiger partial charge in [-0.05, 0) is 53.7 Å². The first kappa shape index (κ1) is 16.9. The first-order valence-corrected chi connectivity index (χ1v) is 8.31. The second-order valence-corrected chi connectivity index (χ2v) is 5.94. The quantitative estimate of drug-likeness (QED) is 0.704. The molecule has 0 fully saturated rings. The van der Waals surface area contributed by atoms with Crippen molar-refractivity contribution in [2.24, 2.45) is 5.73 Å². The van der Waals surface area contributed by atoms with Gasteiger partial charge in [0, 0.05) is 18.3 Å².